The van der Waals surface area contributed by atoms with Crippen LogP contribution in [0.2, 0.25) is 0 Å². The van der Waals surface area contributed by atoms with E-state index in [4.69, 9.17) is 9.84 Å². The van der Waals surface area contributed by atoms with Gasteiger partial charge in [-0.3, -0.25) is 14.4 Å². The normalized spacial score (nSPS) is 22.4. The molecule has 2 N–H and O–H groups in total. The Labute approximate surface area is 171 Å². The average molecular weight is 402 g/mol. The van der Waals surface area contributed by atoms with Gasteiger partial charge in [0.15, 0.2) is 0 Å². The molecule has 0 spiro atoms. The number of aliphatic carboxylic acids is 1. The summed E-state index contributed by atoms with van der Waals surface area (Å²) < 4.78 is 6.02. The van der Waals surface area contributed by atoms with Gasteiger partial charge < -0.3 is 20.1 Å². The van der Waals surface area contributed by atoms with E-state index in [2.05, 4.69) is 5.32 Å². The predicted molar refractivity (Wildman–Crippen MR) is 108 cm³/mol. The quantitative estimate of drug-likeness (QED) is 0.697. The van der Waals surface area contributed by atoms with Crippen LogP contribution in [-0.4, -0.2) is 52.5 Å². The molecule has 0 aromatic heterocycles. The molecule has 7 heteroatoms. The number of aryl methyl sites for hydroxylation is 1. The zero-order valence-electron chi connectivity index (χ0n) is 17.0. The SMILES string of the molecule is Cc1ccc(OC2CCN(C(=O)CC[C@]3(CCC(=O)O)CCC(=O)N3)CC2)cc1. The van der Waals surface area contributed by atoms with Crippen molar-refractivity contribution in [2.45, 2.75) is 69.9 Å². The molecule has 1 atom stereocenters. The third kappa shape index (κ3) is 5.95. The molecule has 2 aliphatic heterocycles. The third-order valence-electron chi connectivity index (χ3n) is 5.99. The Morgan fingerprint density at radius 2 is 1.83 bits per heavy atom. The van der Waals surface area contributed by atoms with E-state index in [1.807, 2.05) is 36.1 Å². The summed E-state index contributed by atoms with van der Waals surface area (Å²) in [5.41, 5.74) is 0.634. The van der Waals surface area contributed by atoms with Crippen LogP contribution in [0.4, 0.5) is 0 Å². The molecule has 7 nitrogen and oxygen atoms in total. The molecule has 158 valence electrons. The summed E-state index contributed by atoms with van der Waals surface area (Å²) in [6.45, 7) is 3.35. The minimum absolute atomic E-state index is 0.00376. The summed E-state index contributed by atoms with van der Waals surface area (Å²) in [4.78, 5) is 37.2. The van der Waals surface area contributed by atoms with Gasteiger partial charge in [0, 0.05) is 50.7 Å². The van der Waals surface area contributed by atoms with Crippen molar-refractivity contribution in [2.75, 3.05) is 13.1 Å². The fraction of sp³-hybridized carbons (Fsp3) is 0.591. The topological polar surface area (TPSA) is 95.9 Å². The van der Waals surface area contributed by atoms with E-state index in [0.29, 0.717) is 45.2 Å². The number of nitrogens with zero attached hydrogens (tertiary/aromatic N) is 1. The second-order valence-corrected chi connectivity index (χ2v) is 8.23. The van der Waals surface area contributed by atoms with Gasteiger partial charge in [-0.05, 0) is 38.3 Å². The fourth-order valence-corrected chi connectivity index (χ4v) is 4.16. The first-order valence-electron chi connectivity index (χ1n) is 10.4. The maximum absolute atomic E-state index is 12.7. The smallest absolute Gasteiger partial charge is 0.303 e. The van der Waals surface area contributed by atoms with Crippen molar-refractivity contribution in [2.24, 2.45) is 0 Å². The van der Waals surface area contributed by atoms with Crippen molar-refractivity contribution >= 4 is 17.8 Å². The number of hydrogen-bond acceptors (Lipinski definition) is 4. The number of likely N-dealkylation sites (tertiary alicyclic amines) is 1. The Kier molecular flexibility index (Phi) is 6.77. The summed E-state index contributed by atoms with van der Waals surface area (Å²) in [5, 5.41) is 11.9. The predicted octanol–water partition coefficient (Wildman–Crippen LogP) is 2.66. The molecule has 2 amide bonds. The molecule has 1 aromatic carbocycles. The Morgan fingerprint density at radius 1 is 1.17 bits per heavy atom. The van der Waals surface area contributed by atoms with Gasteiger partial charge in [-0.25, -0.2) is 0 Å². The van der Waals surface area contributed by atoms with Crippen molar-refractivity contribution in [1.29, 1.82) is 0 Å². The molecule has 2 aliphatic rings. The van der Waals surface area contributed by atoms with E-state index in [-0.39, 0.29) is 24.3 Å². The Morgan fingerprint density at radius 3 is 2.41 bits per heavy atom. The Balaban J connectivity index is 1.45. The number of amides is 2. The lowest BCUT2D eigenvalue weighted by Gasteiger charge is -2.34. The minimum Gasteiger partial charge on any atom is -0.490 e. The van der Waals surface area contributed by atoms with Crippen LogP contribution in [0.3, 0.4) is 0 Å². The van der Waals surface area contributed by atoms with E-state index in [9.17, 15) is 14.4 Å². The summed E-state index contributed by atoms with van der Waals surface area (Å²) >= 11 is 0. The first kappa shape index (κ1) is 21.1. The molecule has 29 heavy (non-hydrogen) atoms. The molecule has 0 unspecified atom stereocenters. The van der Waals surface area contributed by atoms with Crippen LogP contribution < -0.4 is 10.1 Å². The van der Waals surface area contributed by atoms with Crippen molar-refractivity contribution in [3.63, 3.8) is 0 Å². The van der Waals surface area contributed by atoms with Crippen LogP contribution in [0.25, 0.3) is 0 Å². The molecule has 2 fully saturated rings. The first-order valence-corrected chi connectivity index (χ1v) is 10.4. The molecular formula is C22H30N2O5. The zero-order valence-corrected chi connectivity index (χ0v) is 17.0. The minimum atomic E-state index is -0.882. The van der Waals surface area contributed by atoms with Crippen LogP contribution in [0.5, 0.6) is 5.75 Å². The molecule has 1 aromatic rings. The van der Waals surface area contributed by atoms with Crippen LogP contribution in [0.15, 0.2) is 24.3 Å². The van der Waals surface area contributed by atoms with E-state index in [1.54, 1.807) is 0 Å². The number of benzene rings is 1. The van der Waals surface area contributed by atoms with Crippen molar-refractivity contribution in [1.82, 2.24) is 10.2 Å². The summed E-state index contributed by atoms with van der Waals surface area (Å²) in [5.74, 6) is -0.0169. The highest BCUT2D eigenvalue weighted by Crippen LogP contribution is 2.31. The molecular weight excluding hydrogens is 372 g/mol. The highest BCUT2D eigenvalue weighted by atomic mass is 16.5. The number of carbonyl (C=O) groups is 3. The molecule has 0 aliphatic carbocycles. The largest absolute Gasteiger partial charge is 0.490 e. The van der Waals surface area contributed by atoms with Crippen LogP contribution in [0, 0.1) is 6.92 Å². The number of piperidine rings is 1. The maximum Gasteiger partial charge on any atom is 0.303 e. The molecule has 2 saturated heterocycles. The number of nitrogens with one attached hydrogen (secondary N) is 1. The number of ether oxygens (including phenoxy) is 1. The number of rotatable bonds is 8. The Hall–Kier alpha value is -2.57. The summed E-state index contributed by atoms with van der Waals surface area (Å²) in [6, 6.07) is 7.99. The molecule has 3 rings (SSSR count). The van der Waals surface area contributed by atoms with Gasteiger partial charge >= 0.3 is 5.97 Å². The maximum atomic E-state index is 12.7. The van der Waals surface area contributed by atoms with Gasteiger partial charge in [-0.1, -0.05) is 17.7 Å². The molecule has 0 bridgehead atoms. The van der Waals surface area contributed by atoms with Gasteiger partial charge in [0.25, 0.3) is 0 Å². The molecule has 0 radical (unpaired) electrons. The fourth-order valence-electron chi connectivity index (χ4n) is 4.16. The lowest BCUT2D eigenvalue weighted by Crippen LogP contribution is -2.45. The van der Waals surface area contributed by atoms with Crippen molar-refractivity contribution in [3.8, 4) is 5.75 Å². The van der Waals surface area contributed by atoms with Gasteiger partial charge in [0.2, 0.25) is 11.8 Å². The average Bonchev–Trinajstić information content (AvgIpc) is 3.08. The van der Waals surface area contributed by atoms with Crippen molar-refractivity contribution < 1.29 is 24.2 Å². The van der Waals surface area contributed by atoms with Gasteiger partial charge in [0.1, 0.15) is 11.9 Å². The number of carboxylic acids is 1. The van der Waals surface area contributed by atoms with E-state index >= 15 is 0 Å². The van der Waals surface area contributed by atoms with Crippen LogP contribution in [-0.2, 0) is 14.4 Å². The summed E-state index contributed by atoms with van der Waals surface area (Å²) in [7, 11) is 0. The van der Waals surface area contributed by atoms with Gasteiger partial charge in [-0.15, -0.1) is 0 Å². The highest BCUT2D eigenvalue weighted by molar-refractivity contribution is 5.80. The zero-order chi connectivity index (χ0) is 20.9. The number of carboxylic acid groups (broad SMARTS) is 1. The standard InChI is InChI=1S/C22H30N2O5/c1-16-2-4-17(5-3-16)29-18-9-14-24(15-10-18)20(26)7-12-22(13-8-21(27)28)11-6-19(25)23-22/h2-5,18H,6-15H2,1H3,(H,23,25)(H,27,28)/t22-/m0/s1. The number of carbonyl (C=O) groups excluding carboxylic acids is 2. The van der Waals surface area contributed by atoms with Crippen LogP contribution >= 0.6 is 0 Å². The second-order valence-electron chi connectivity index (χ2n) is 8.23. The lowest BCUT2D eigenvalue weighted by molar-refractivity contribution is -0.137. The monoisotopic (exact) mass is 402 g/mol. The Bertz CT molecular complexity index is 740. The summed E-state index contributed by atoms with van der Waals surface area (Å²) in [6.07, 6.45) is 3.87. The first-order chi connectivity index (χ1) is 13.8. The van der Waals surface area contributed by atoms with E-state index in [0.717, 1.165) is 18.6 Å². The van der Waals surface area contributed by atoms with Crippen LogP contribution in [0.1, 0.15) is 56.9 Å². The lowest BCUT2D eigenvalue weighted by atomic mass is 9.86. The third-order valence-corrected chi connectivity index (χ3v) is 5.99. The highest BCUT2D eigenvalue weighted by Gasteiger charge is 2.38. The van der Waals surface area contributed by atoms with E-state index in [1.165, 1.54) is 5.56 Å². The van der Waals surface area contributed by atoms with Gasteiger partial charge in [0.05, 0.1) is 0 Å². The van der Waals surface area contributed by atoms with Gasteiger partial charge in [-0.2, -0.15) is 0 Å². The van der Waals surface area contributed by atoms with Crippen molar-refractivity contribution in [3.05, 3.63) is 29.8 Å². The molecule has 0 saturated carbocycles. The van der Waals surface area contributed by atoms with E-state index < -0.39 is 11.5 Å². The number of hydrogen-bond donors (Lipinski definition) is 2. The second kappa shape index (κ2) is 9.29. The molecule has 2 heterocycles.